The van der Waals surface area contributed by atoms with Gasteiger partial charge in [0.25, 0.3) is 0 Å². The van der Waals surface area contributed by atoms with Gasteiger partial charge in [-0.25, -0.2) is 0 Å². The van der Waals surface area contributed by atoms with E-state index in [1.54, 1.807) is 0 Å². The maximum absolute atomic E-state index is 5.68. The summed E-state index contributed by atoms with van der Waals surface area (Å²) in [5.41, 5.74) is 0. The molecule has 0 aromatic heterocycles. The second-order valence-electron chi connectivity index (χ2n) is 4.42. The van der Waals surface area contributed by atoms with Crippen molar-refractivity contribution < 1.29 is 14.2 Å². The molecule has 4 nitrogen and oxygen atoms in total. The number of rotatable bonds is 6. The minimum Gasteiger partial charge on any atom is -0.380 e. The Morgan fingerprint density at radius 2 is 2.27 bits per heavy atom. The summed E-state index contributed by atoms with van der Waals surface area (Å²) in [5.74, 6) is -0.421. The van der Waals surface area contributed by atoms with Crippen molar-refractivity contribution in [3.05, 3.63) is 0 Å². The highest BCUT2D eigenvalue weighted by molar-refractivity contribution is 4.74. The zero-order chi connectivity index (χ0) is 11.3. The van der Waals surface area contributed by atoms with Crippen LogP contribution in [0.1, 0.15) is 27.7 Å². The van der Waals surface area contributed by atoms with Gasteiger partial charge in [-0.1, -0.05) is 0 Å². The first-order valence-corrected chi connectivity index (χ1v) is 5.66. The fourth-order valence-corrected chi connectivity index (χ4v) is 1.55. The van der Waals surface area contributed by atoms with Gasteiger partial charge < -0.3 is 19.5 Å². The van der Waals surface area contributed by atoms with Crippen molar-refractivity contribution in [3.8, 4) is 0 Å². The molecule has 2 atom stereocenters. The number of ether oxygens (including phenoxy) is 3. The van der Waals surface area contributed by atoms with Gasteiger partial charge in [0.15, 0.2) is 5.79 Å². The highest BCUT2D eigenvalue weighted by atomic mass is 16.7. The Hall–Kier alpha value is -0.160. The molecule has 1 aliphatic heterocycles. The van der Waals surface area contributed by atoms with E-state index in [2.05, 4.69) is 12.2 Å². The zero-order valence-corrected chi connectivity index (χ0v) is 10.2. The third-order valence-electron chi connectivity index (χ3n) is 2.33. The summed E-state index contributed by atoms with van der Waals surface area (Å²) in [6, 6.07) is 0.359. The van der Waals surface area contributed by atoms with Crippen LogP contribution in [0.4, 0.5) is 0 Å². The van der Waals surface area contributed by atoms with Crippen LogP contribution in [-0.4, -0.2) is 44.3 Å². The van der Waals surface area contributed by atoms with E-state index >= 15 is 0 Å². The SMILES string of the molecule is CCOCC(C)NCC1COC(C)(C)O1. The van der Waals surface area contributed by atoms with Crippen molar-refractivity contribution in [1.29, 1.82) is 0 Å². The van der Waals surface area contributed by atoms with Crippen LogP contribution in [0.5, 0.6) is 0 Å². The minimum absolute atomic E-state index is 0.157. The Labute approximate surface area is 92.3 Å². The van der Waals surface area contributed by atoms with E-state index in [1.165, 1.54) is 0 Å². The first-order chi connectivity index (χ1) is 7.03. The van der Waals surface area contributed by atoms with Crippen LogP contribution in [0.2, 0.25) is 0 Å². The average molecular weight is 217 g/mol. The molecular formula is C11H23NO3. The molecule has 1 saturated heterocycles. The molecular weight excluding hydrogens is 194 g/mol. The van der Waals surface area contributed by atoms with E-state index in [1.807, 2.05) is 20.8 Å². The van der Waals surface area contributed by atoms with Gasteiger partial charge in [-0.15, -0.1) is 0 Å². The van der Waals surface area contributed by atoms with Crippen molar-refractivity contribution in [1.82, 2.24) is 5.32 Å². The fraction of sp³-hybridized carbons (Fsp3) is 1.00. The van der Waals surface area contributed by atoms with Crippen LogP contribution in [0.25, 0.3) is 0 Å². The lowest BCUT2D eigenvalue weighted by atomic mass is 10.3. The van der Waals surface area contributed by atoms with Crippen LogP contribution < -0.4 is 5.32 Å². The van der Waals surface area contributed by atoms with E-state index in [4.69, 9.17) is 14.2 Å². The summed E-state index contributed by atoms with van der Waals surface area (Å²) in [5, 5.41) is 3.37. The molecule has 1 fully saturated rings. The lowest BCUT2D eigenvalue weighted by molar-refractivity contribution is -0.137. The largest absolute Gasteiger partial charge is 0.380 e. The van der Waals surface area contributed by atoms with E-state index in [0.29, 0.717) is 12.6 Å². The number of hydrogen-bond acceptors (Lipinski definition) is 4. The second-order valence-corrected chi connectivity index (χ2v) is 4.42. The van der Waals surface area contributed by atoms with Crippen LogP contribution in [0, 0.1) is 0 Å². The van der Waals surface area contributed by atoms with Crippen LogP contribution in [0.3, 0.4) is 0 Å². The molecule has 0 radical (unpaired) electrons. The molecule has 0 spiro atoms. The van der Waals surface area contributed by atoms with Crippen molar-refractivity contribution in [2.24, 2.45) is 0 Å². The Bertz CT molecular complexity index is 185. The van der Waals surface area contributed by atoms with Gasteiger partial charge in [0, 0.05) is 19.2 Å². The summed E-state index contributed by atoms with van der Waals surface area (Å²) in [6.45, 7) is 11.0. The van der Waals surface area contributed by atoms with E-state index in [-0.39, 0.29) is 6.10 Å². The molecule has 1 N–H and O–H groups in total. The third-order valence-corrected chi connectivity index (χ3v) is 2.33. The molecule has 0 aliphatic carbocycles. The lowest BCUT2D eigenvalue weighted by Crippen LogP contribution is -2.38. The predicted molar refractivity (Wildman–Crippen MR) is 58.9 cm³/mol. The van der Waals surface area contributed by atoms with E-state index in [0.717, 1.165) is 19.8 Å². The Morgan fingerprint density at radius 1 is 1.53 bits per heavy atom. The molecule has 90 valence electrons. The molecule has 0 aromatic carbocycles. The Morgan fingerprint density at radius 3 is 2.80 bits per heavy atom. The van der Waals surface area contributed by atoms with Crippen molar-refractivity contribution in [2.75, 3.05) is 26.4 Å². The highest BCUT2D eigenvalue weighted by Crippen LogP contribution is 2.21. The maximum atomic E-state index is 5.68. The van der Waals surface area contributed by atoms with Crippen LogP contribution in [-0.2, 0) is 14.2 Å². The zero-order valence-electron chi connectivity index (χ0n) is 10.2. The molecule has 0 amide bonds. The fourth-order valence-electron chi connectivity index (χ4n) is 1.55. The standard InChI is InChI=1S/C11H23NO3/c1-5-13-7-9(2)12-6-10-8-14-11(3,4)15-10/h9-10,12H,5-8H2,1-4H3. The maximum Gasteiger partial charge on any atom is 0.163 e. The number of hydrogen-bond donors (Lipinski definition) is 1. The molecule has 2 unspecified atom stereocenters. The van der Waals surface area contributed by atoms with Crippen molar-refractivity contribution in [3.63, 3.8) is 0 Å². The molecule has 1 heterocycles. The van der Waals surface area contributed by atoms with E-state index < -0.39 is 5.79 Å². The Kier molecular flexibility index (Phi) is 4.99. The number of nitrogens with one attached hydrogen (secondary N) is 1. The van der Waals surface area contributed by atoms with Gasteiger partial charge in [-0.3, -0.25) is 0 Å². The molecule has 1 aliphatic rings. The lowest BCUT2D eigenvalue weighted by Gasteiger charge is -2.19. The molecule has 1 rings (SSSR count). The van der Waals surface area contributed by atoms with Gasteiger partial charge >= 0.3 is 0 Å². The van der Waals surface area contributed by atoms with Gasteiger partial charge in [0.05, 0.1) is 19.3 Å². The van der Waals surface area contributed by atoms with Gasteiger partial charge in [-0.2, -0.15) is 0 Å². The molecule has 15 heavy (non-hydrogen) atoms. The second kappa shape index (κ2) is 5.80. The molecule has 0 aromatic rings. The Balaban J connectivity index is 2.10. The van der Waals surface area contributed by atoms with Crippen molar-refractivity contribution in [2.45, 2.75) is 45.6 Å². The summed E-state index contributed by atoms with van der Waals surface area (Å²) in [4.78, 5) is 0. The predicted octanol–water partition coefficient (Wildman–Crippen LogP) is 1.15. The normalized spacial score (nSPS) is 26.8. The quantitative estimate of drug-likeness (QED) is 0.724. The summed E-state index contributed by atoms with van der Waals surface area (Å²) in [6.07, 6.45) is 0.157. The first-order valence-electron chi connectivity index (χ1n) is 5.66. The van der Waals surface area contributed by atoms with Crippen LogP contribution in [0.15, 0.2) is 0 Å². The molecule has 4 heteroatoms. The summed E-state index contributed by atoms with van der Waals surface area (Å²) >= 11 is 0. The highest BCUT2D eigenvalue weighted by Gasteiger charge is 2.32. The monoisotopic (exact) mass is 217 g/mol. The van der Waals surface area contributed by atoms with E-state index in [9.17, 15) is 0 Å². The van der Waals surface area contributed by atoms with Crippen LogP contribution >= 0.6 is 0 Å². The summed E-state index contributed by atoms with van der Waals surface area (Å²) in [7, 11) is 0. The first kappa shape index (κ1) is 12.9. The van der Waals surface area contributed by atoms with Gasteiger partial charge in [-0.05, 0) is 27.7 Å². The third kappa shape index (κ3) is 4.93. The average Bonchev–Trinajstić information content (AvgIpc) is 2.52. The van der Waals surface area contributed by atoms with Gasteiger partial charge in [0.1, 0.15) is 0 Å². The topological polar surface area (TPSA) is 39.7 Å². The smallest absolute Gasteiger partial charge is 0.163 e. The van der Waals surface area contributed by atoms with Crippen molar-refractivity contribution >= 4 is 0 Å². The van der Waals surface area contributed by atoms with Gasteiger partial charge in [0.2, 0.25) is 0 Å². The minimum atomic E-state index is -0.421. The molecule has 0 bridgehead atoms. The summed E-state index contributed by atoms with van der Waals surface area (Å²) < 4.78 is 16.5. The molecule has 0 saturated carbocycles.